The normalized spacial score (nSPS) is 25.6. The van der Waals surface area contributed by atoms with Gasteiger partial charge in [0.25, 0.3) is 0 Å². The molecule has 0 unspecified atom stereocenters. The van der Waals surface area contributed by atoms with E-state index in [9.17, 15) is 22.8 Å². The van der Waals surface area contributed by atoms with Crippen molar-refractivity contribution < 1.29 is 27.5 Å². The van der Waals surface area contributed by atoms with Gasteiger partial charge in [-0.3, -0.25) is 9.78 Å². The van der Waals surface area contributed by atoms with Crippen LogP contribution in [-0.2, 0) is 22.1 Å². The standard InChI is InChI=1S/C19H24F3N5O3/c20-19(21,22)16-9-23-13(8-24-16)7-12-1-4-26(5-2-12)18(29)27-6-3-15-14(10-27)25-17(28)11-30-15/h8-9,12,14-15H,1-7,10-11H2,(H,25,28)/t14-,15+/m1/s1. The van der Waals surface area contributed by atoms with Crippen molar-refractivity contribution in [2.24, 2.45) is 5.92 Å². The first-order chi connectivity index (χ1) is 14.3. The predicted octanol–water partition coefficient (Wildman–Crippen LogP) is 1.46. The number of fused-ring (bicyclic) bond motifs is 1. The number of hydrogen-bond donors (Lipinski definition) is 1. The van der Waals surface area contributed by atoms with E-state index < -0.39 is 11.9 Å². The summed E-state index contributed by atoms with van der Waals surface area (Å²) in [5, 5.41) is 2.89. The van der Waals surface area contributed by atoms with Crippen molar-refractivity contribution in [3.8, 4) is 0 Å². The largest absolute Gasteiger partial charge is 0.434 e. The number of likely N-dealkylation sites (tertiary alicyclic amines) is 2. The maximum absolute atomic E-state index is 12.9. The summed E-state index contributed by atoms with van der Waals surface area (Å²) < 4.78 is 43.3. The van der Waals surface area contributed by atoms with Gasteiger partial charge in [0.15, 0.2) is 5.69 Å². The monoisotopic (exact) mass is 427 g/mol. The molecule has 30 heavy (non-hydrogen) atoms. The van der Waals surface area contributed by atoms with Crippen molar-refractivity contribution in [3.63, 3.8) is 0 Å². The van der Waals surface area contributed by atoms with E-state index in [0.717, 1.165) is 19.0 Å². The summed E-state index contributed by atoms with van der Waals surface area (Å²) in [5.41, 5.74) is -0.460. The Morgan fingerprint density at radius 2 is 1.87 bits per heavy atom. The molecule has 2 atom stereocenters. The van der Waals surface area contributed by atoms with Gasteiger partial charge in [0.05, 0.1) is 24.0 Å². The van der Waals surface area contributed by atoms with Gasteiger partial charge in [-0.05, 0) is 31.6 Å². The molecular formula is C19H24F3N5O3. The minimum absolute atomic E-state index is 0.0395. The van der Waals surface area contributed by atoms with E-state index in [4.69, 9.17) is 4.74 Å². The van der Waals surface area contributed by atoms with Gasteiger partial charge in [0, 0.05) is 32.4 Å². The number of ether oxygens (including phenoxy) is 1. The summed E-state index contributed by atoms with van der Waals surface area (Å²) in [4.78, 5) is 35.3. The molecule has 3 aliphatic heterocycles. The van der Waals surface area contributed by atoms with Crippen LogP contribution in [0.2, 0.25) is 0 Å². The number of morpholine rings is 1. The predicted molar refractivity (Wildman–Crippen MR) is 98.3 cm³/mol. The zero-order valence-corrected chi connectivity index (χ0v) is 16.4. The number of amides is 3. The van der Waals surface area contributed by atoms with Crippen molar-refractivity contribution in [3.05, 3.63) is 23.8 Å². The molecule has 11 heteroatoms. The van der Waals surface area contributed by atoms with Crippen LogP contribution in [0.1, 0.15) is 30.7 Å². The third kappa shape index (κ3) is 4.66. The van der Waals surface area contributed by atoms with Crippen LogP contribution in [-0.4, -0.2) is 76.6 Å². The molecule has 0 aliphatic carbocycles. The van der Waals surface area contributed by atoms with E-state index in [2.05, 4.69) is 15.3 Å². The van der Waals surface area contributed by atoms with Gasteiger partial charge in [-0.2, -0.15) is 13.2 Å². The third-order valence-electron chi connectivity index (χ3n) is 5.97. The minimum atomic E-state index is -4.49. The van der Waals surface area contributed by atoms with Crippen molar-refractivity contribution in [1.29, 1.82) is 0 Å². The lowest BCUT2D eigenvalue weighted by Gasteiger charge is -2.43. The average Bonchev–Trinajstić information content (AvgIpc) is 2.73. The minimum Gasteiger partial charge on any atom is -0.366 e. The van der Waals surface area contributed by atoms with Gasteiger partial charge in [-0.1, -0.05) is 0 Å². The van der Waals surface area contributed by atoms with Crippen LogP contribution in [0.4, 0.5) is 18.0 Å². The molecule has 1 N–H and O–H groups in total. The summed E-state index contributed by atoms with van der Waals surface area (Å²) in [6.45, 7) is 2.29. The molecule has 0 radical (unpaired) electrons. The fourth-order valence-corrected chi connectivity index (χ4v) is 4.30. The summed E-state index contributed by atoms with van der Waals surface area (Å²) in [7, 11) is 0. The van der Waals surface area contributed by atoms with E-state index in [1.807, 2.05) is 0 Å². The Balaban J connectivity index is 1.26. The lowest BCUT2D eigenvalue weighted by atomic mass is 9.92. The molecule has 0 saturated carbocycles. The highest BCUT2D eigenvalue weighted by Gasteiger charge is 2.38. The summed E-state index contributed by atoms with van der Waals surface area (Å²) in [6.07, 6.45) is 0.183. The van der Waals surface area contributed by atoms with Crippen LogP contribution >= 0.6 is 0 Å². The van der Waals surface area contributed by atoms with Crippen LogP contribution < -0.4 is 5.32 Å². The lowest BCUT2D eigenvalue weighted by molar-refractivity contribution is -0.141. The Labute approximate surface area is 171 Å². The maximum atomic E-state index is 12.9. The molecule has 1 aromatic rings. The Morgan fingerprint density at radius 1 is 1.13 bits per heavy atom. The van der Waals surface area contributed by atoms with Gasteiger partial charge < -0.3 is 19.9 Å². The van der Waals surface area contributed by atoms with E-state index >= 15 is 0 Å². The molecule has 4 heterocycles. The highest BCUT2D eigenvalue weighted by molar-refractivity contribution is 5.79. The first-order valence-electron chi connectivity index (χ1n) is 10.1. The van der Waals surface area contributed by atoms with E-state index in [1.54, 1.807) is 9.80 Å². The maximum Gasteiger partial charge on any atom is 0.434 e. The summed E-state index contributed by atoms with van der Waals surface area (Å²) >= 11 is 0. The fourth-order valence-electron chi connectivity index (χ4n) is 4.30. The lowest BCUT2D eigenvalue weighted by Crippen LogP contribution is -2.62. The molecule has 3 fully saturated rings. The smallest absolute Gasteiger partial charge is 0.366 e. The molecule has 4 rings (SSSR count). The van der Waals surface area contributed by atoms with Crippen LogP contribution in [0.3, 0.4) is 0 Å². The first kappa shape index (κ1) is 20.8. The summed E-state index contributed by atoms with van der Waals surface area (Å²) in [6, 6.07) is -0.208. The van der Waals surface area contributed by atoms with Crippen LogP contribution in [0.25, 0.3) is 0 Å². The van der Waals surface area contributed by atoms with Crippen LogP contribution in [0.5, 0.6) is 0 Å². The quantitative estimate of drug-likeness (QED) is 0.772. The Morgan fingerprint density at radius 3 is 2.53 bits per heavy atom. The van der Waals surface area contributed by atoms with Gasteiger partial charge in [-0.25, -0.2) is 9.78 Å². The molecule has 3 amide bonds. The molecular weight excluding hydrogens is 403 g/mol. The van der Waals surface area contributed by atoms with Gasteiger partial charge in [0.2, 0.25) is 5.91 Å². The van der Waals surface area contributed by atoms with E-state index in [-0.39, 0.29) is 36.6 Å². The molecule has 3 aliphatic rings. The second-order valence-electron chi connectivity index (χ2n) is 8.07. The van der Waals surface area contributed by atoms with Crippen LogP contribution in [0.15, 0.2) is 12.4 Å². The number of halogens is 3. The fraction of sp³-hybridized carbons (Fsp3) is 0.684. The average molecular weight is 427 g/mol. The SMILES string of the molecule is O=C1CO[C@H]2CCN(C(=O)N3CCC(Cc4cnc(C(F)(F)F)cn4)CC3)C[C@H]2N1. The number of nitrogens with zero attached hydrogens (tertiary/aromatic N) is 4. The van der Waals surface area contributed by atoms with Crippen molar-refractivity contribution in [2.75, 3.05) is 32.8 Å². The topological polar surface area (TPSA) is 87.7 Å². The molecule has 8 nitrogen and oxygen atoms in total. The Hall–Kier alpha value is -2.43. The highest BCUT2D eigenvalue weighted by atomic mass is 19.4. The van der Waals surface area contributed by atoms with E-state index in [0.29, 0.717) is 44.7 Å². The molecule has 164 valence electrons. The Bertz CT molecular complexity index is 781. The molecule has 3 saturated heterocycles. The number of carbonyl (C=O) groups excluding carboxylic acids is 2. The number of alkyl halides is 3. The van der Waals surface area contributed by atoms with Crippen molar-refractivity contribution >= 4 is 11.9 Å². The van der Waals surface area contributed by atoms with Gasteiger partial charge in [-0.15, -0.1) is 0 Å². The number of rotatable bonds is 2. The zero-order chi connectivity index (χ0) is 21.3. The number of piperidine rings is 2. The highest BCUT2D eigenvalue weighted by Crippen LogP contribution is 2.28. The van der Waals surface area contributed by atoms with E-state index in [1.165, 1.54) is 6.20 Å². The first-order valence-corrected chi connectivity index (χ1v) is 10.1. The molecule has 0 spiro atoms. The van der Waals surface area contributed by atoms with Crippen LogP contribution in [0, 0.1) is 5.92 Å². The zero-order valence-electron chi connectivity index (χ0n) is 16.4. The number of hydrogen-bond acceptors (Lipinski definition) is 5. The van der Waals surface area contributed by atoms with Gasteiger partial charge >= 0.3 is 12.2 Å². The van der Waals surface area contributed by atoms with Gasteiger partial charge in [0.1, 0.15) is 6.61 Å². The number of carbonyl (C=O) groups is 2. The molecule has 1 aromatic heterocycles. The van der Waals surface area contributed by atoms with Crippen molar-refractivity contribution in [1.82, 2.24) is 25.1 Å². The number of urea groups is 1. The summed E-state index contributed by atoms with van der Waals surface area (Å²) in [5.74, 6) is 0.0922. The molecule has 0 bridgehead atoms. The Kier molecular flexibility index (Phi) is 5.81. The second kappa shape index (κ2) is 8.37. The number of nitrogens with one attached hydrogen (secondary N) is 1. The molecule has 0 aromatic carbocycles. The third-order valence-corrected chi connectivity index (χ3v) is 5.97. The second-order valence-corrected chi connectivity index (χ2v) is 8.07. The van der Waals surface area contributed by atoms with Crippen molar-refractivity contribution in [2.45, 2.75) is 44.0 Å². The number of aromatic nitrogens is 2.